The summed E-state index contributed by atoms with van der Waals surface area (Å²) < 4.78 is 12.9. The van der Waals surface area contributed by atoms with Gasteiger partial charge in [0.05, 0.1) is 11.8 Å². The Morgan fingerprint density at radius 1 is 1.04 bits per heavy atom. The minimum atomic E-state index is -0.375. The second-order valence-electron chi connectivity index (χ2n) is 7.79. The number of allylic oxidation sites excluding steroid dienone is 2. The smallest absolute Gasteiger partial charge is 0.233 e. The first-order chi connectivity index (χ1) is 12.5. The lowest BCUT2D eigenvalue weighted by atomic mass is 9.63. The van der Waals surface area contributed by atoms with Crippen LogP contribution in [0.5, 0.6) is 0 Å². The summed E-state index contributed by atoms with van der Waals surface area (Å²) in [5.41, 5.74) is 0.492. The van der Waals surface area contributed by atoms with Crippen LogP contribution in [0, 0.1) is 41.3 Å². The van der Waals surface area contributed by atoms with E-state index in [1.807, 2.05) is 0 Å². The number of nitrogens with one attached hydrogen (secondary N) is 1. The molecule has 26 heavy (non-hydrogen) atoms. The maximum absolute atomic E-state index is 12.9. The van der Waals surface area contributed by atoms with E-state index in [9.17, 15) is 18.8 Å². The molecule has 4 aliphatic carbocycles. The molecule has 0 aromatic heterocycles. The molecule has 134 valence electrons. The van der Waals surface area contributed by atoms with Gasteiger partial charge in [-0.15, -0.1) is 0 Å². The van der Waals surface area contributed by atoms with E-state index in [0.29, 0.717) is 17.5 Å². The molecule has 0 radical (unpaired) electrons. The molecular weight excluding hydrogens is 335 g/mol. The SMILES string of the molecule is O=C(CCN1C(=O)[C@H]2[C@@H]3C=C[C@H]([C@@H]4C[C@H]34)[C@@H]2C1=O)Nc1ccc(F)cc1. The minimum absolute atomic E-state index is 0.0456. The second kappa shape index (κ2) is 5.50. The molecule has 1 aromatic carbocycles. The Bertz CT molecular complexity index is 798. The molecule has 1 N–H and O–H groups in total. The highest BCUT2D eigenvalue weighted by Gasteiger charge is 2.66. The van der Waals surface area contributed by atoms with Crippen molar-refractivity contribution in [2.75, 3.05) is 11.9 Å². The molecular formula is C20H19FN2O3. The van der Waals surface area contributed by atoms with Crippen LogP contribution in [0.15, 0.2) is 36.4 Å². The van der Waals surface area contributed by atoms with Gasteiger partial charge in [0.25, 0.3) is 0 Å². The number of anilines is 1. The fourth-order valence-corrected chi connectivity index (χ4v) is 5.21. The molecule has 6 atom stereocenters. The molecule has 1 heterocycles. The Kier molecular flexibility index (Phi) is 3.33. The summed E-state index contributed by atoms with van der Waals surface area (Å²) in [6, 6.07) is 5.48. The van der Waals surface area contributed by atoms with Gasteiger partial charge >= 0.3 is 0 Å². The molecule has 5 aliphatic rings. The first-order valence-corrected chi connectivity index (χ1v) is 9.13. The summed E-state index contributed by atoms with van der Waals surface area (Å²) in [5.74, 6) is 0.209. The Morgan fingerprint density at radius 3 is 2.19 bits per heavy atom. The summed E-state index contributed by atoms with van der Waals surface area (Å²) in [5, 5.41) is 2.66. The monoisotopic (exact) mass is 354 g/mol. The minimum Gasteiger partial charge on any atom is -0.326 e. The third-order valence-electron chi connectivity index (χ3n) is 6.44. The lowest BCUT2D eigenvalue weighted by Crippen LogP contribution is -2.40. The van der Waals surface area contributed by atoms with Crippen molar-refractivity contribution in [1.82, 2.24) is 4.90 Å². The molecule has 6 heteroatoms. The average Bonchev–Trinajstić information content (AvgIpc) is 3.41. The van der Waals surface area contributed by atoms with E-state index < -0.39 is 0 Å². The predicted octanol–water partition coefficient (Wildman–Crippen LogP) is 2.21. The summed E-state index contributed by atoms with van der Waals surface area (Å²) >= 11 is 0. The number of imide groups is 1. The molecule has 1 saturated heterocycles. The van der Waals surface area contributed by atoms with Crippen LogP contribution in [-0.2, 0) is 14.4 Å². The number of amides is 3. The van der Waals surface area contributed by atoms with Gasteiger partial charge in [-0.25, -0.2) is 4.39 Å². The number of benzene rings is 1. The lowest BCUT2D eigenvalue weighted by molar-refractivity contribution is -0.140. The third-order valence-corrected chi connectivity index (χ3v) is 6.44. The summed E-state index contributed by atoms with van der Waals surface area (Å²) in [4.78, 5) is 39.0. The van der Waals surface area contributed by atoms with Crippen LogP contribution in [0.2, 0.25) is 0 Å². The van der Waals surface area contributed by atoms with Gasteiger partial charge in [-0.2, -0.15) is 0 Å². The van der Waals surface area contributed by atoms with Crippen molar-refractivity contribution in [3.05, 3.63) is 42.2 Å². The molecule has 2 bridgehead atoms. The van der Waals surface area contributed by atoms with E-state index in [1.54, 1.807) is 0 Å². The zero-order valence-electron chi connectivity index (χ0n) is 14.1. The van der Waals surface area contributed by atoms with Crippen molar-refractivity contribution in [3.63, 3.8) is 0 Å². The van der Waals surface area contributed by atoms with Crippen molar-refractivity contribution in [3.8, 4) is 0 Å². The number of hydrogen-bond acceptors (Lipinski definition) is 3. The van der Waals surface area contributed by atoms with Gasteiger partial charge in [0, 0.05) is 18.7 Å². The number of nitrogens with zero attached hydrogens (tertiary/aromatic N) is 1. The number of carbonyl (C=O) groups is 3. The normalized spacial score (nSPS) is 36.1. The van der Waals surface area contributed by atoms with Crippen LogP contribution in [0.3, 0.4) is 0 Å². The average molecular weight is 354 g/mol. The van der Waals surface area contributed by atoms with Crippen LogP contribution in [0.1, 0.15) is 12.8 Å². The number of carbonyl (C=O) groups excluding carboxylic acids is 3. The molecule has 5 nitrogen and oxygen atoms in total. The Balaban J connectivity index is 1.24. The van der Waals surface area contributed by atoms with Gasteiger partial charge in [0.2, 0.25) is 17.7 Å². The summed E-state index contributed by atoms with van der Waals surface area (Å²) in [7, 11) is 0. The van der Waals surface area contributed by atoms with Crippen LogP contribution in [-0.4, -0.2) is 29.2 Å². The summed E-state index contributed by atoms with van der Waals surface area (Å²) in [6.45, 7) is 0.104. The quantitative estimate of drug-likeness (QED) is 0.666. The maximum Gasteiger partial charge on any atom is 0.233 e. The lowest BCUT2D eigenvalue weighted by Gasteiger charge is -2.37. The van der Waals surface area contributed by atoms with Gasteiger partial charge in [-0.3, -0.25) is 19.3 Å². The Morgan fingerprint density at radius 2 is 1.62 bits per heavy atom. The van der Waals surface area contributed by atoms with Crippen molar-refractivity contribution >= 4 is 23.4 Å². The van der Waals surface area contributed by atoms with E-state index in [-0.39, 0.29) is 60.2 Å². The summed E-state index contributed by atoms with van der Waals surface area (Å²) in [6.07, 6.45) is 5.45. The van der Waals surface area contributed by atoms with E-state index in [1.165, 1.54) is 29.2 Å². The van der Waals surface area contributed by atoms with Gasteiger partial charge < -0.3 is 5.32 Å². The van der Waals surface area contributed by atoms with Gasteiger partial charge in [-0.05, 0) is 54.4 Å². The maximum atomic E-state index is 12.9. The third kappa shape index (κ3) is 2.24. The zero-order chi connectivity index (χ0) is 18.0. The molecule has 0 unspecified atom stereocenters. The Hall–Kier alpha value is -2.50. The number of hydrogen-bond donors (Lipinski definition) is 1. The van der Waals surface area contributed by atoms with Crippen molar-refractivity contribution in [2.24, 2.45) is 35.5 Å². The fraction of sp³-hybridized carbons (Fsp3) is 0.450. The van der Waals surface area contributed by atoms with Gasteiger partial charge in [-0.1, -0.05) is 12.2 Å². The topological polar surface area (TPSA) is 66.5 Å². The largest absolute Gasteiger partial charge is 0.326 e. The van der Waals surface area contributed by atoms with Crippen molar-refractivity contribution < 1.29 is 18.8 Å². The number of halogens is 1. The second-order valence-corrected chi connectivity index (χ2v) is 7.79. The van der Waals surface area contributed by atoms with E-state index in [0.717, 1.165) is 6.42 Å². The first kappa shape index (κ1) is 15.7. The standard InChI is InChI=1S/C20H19FN2O3/c21-10-1-3-11(4-2-10)22-16(24)7-8-23-19(25)17-12-5-6-13(15-9-14(12)15)18(17)20(23)26/h1-6,12-15,17-18H,7-9H2,(H,22,24)/t12-,13-,14-,15+,17+,18+/m1/s1. The molecule has 1 aromatic rings. The van der Waals surface area contributed by atoms with Crippen LogP contribution in [0.25, 0.3) is 0 Å². The van der Waals surface area contributed by atoms with Crippen LogP contribution < -0.4 is 5.32 Å². The molecule has 3 fully saturated rings. The predicted molar refractivity (Wildman–Crippen MR) is 91.1 cm³/mol. The molecule has 3 amide bonds. The van der Waals surface area contributed by atoms with E-state index in [4.69, 9.17) is 0 Å². The highest BCUT2D eigenvalue weighted by atomic mass is 19.1. The molecule has 6 rings (SSSR count). The highest BCUT2D eigenvalue weighted by Crippen LogP contribution is 2.65. The molecule has 2 saturated carbocycles. The molecule has 1 aliphatic heterocycles. The number of likely N-dealkylation sites (tertiary alicyclic amines) is 1. The first-order valence-electron chi connectivity index (χ1n) is 9.13. The Labute approximate surface area is 150 Å². The molecule has 0 spiro atoms. The van der Waals surface area contributed by atoms with Gasteiger partial charge in [0.15, 0.2) is 0 Å². The zero-order valence-corrected chi connectivity index (χ0v) is 14.1. The van der Waals surface area contributed by atoms with Crippen LogP contribution >= 0.6 is 0 Å². The van der Waals surface area contributed by atoms with E-state index in [2.05, 4.69) is 17.5 Å². The van der Waals surface area contributed by atoms with E-state index >= 15 is 0 Å². The number of rotatable bonds is 4. The highest BCUT2D eigenvalue weighted by molar-refractivity contribution is 6.06. The van der Waals surface area contributed by atoms with Gasteiger partial charge in [0.1, 0.15) is 5.82 Å². The van der Waals surface area contributed by atoms with Crippen molar-refractivity contribution in [1.29, 1.82) is 0 Å². The fourth-order valence-electron chi connectivity index (χ4n) is 5.21. The van der Waals surface area contributed by atoms with Crippen molar-refractivity contribution in [2.45, 2.75) is 12.8 Å². The van der Waals surface area contributed by atoms with Crippen LogP contribution in [0.4, 0.5) is 10.1 Å².